The fraction of sp³-hybridized carbons (Fsp3) is 0.421. The van der Waals surface area contributed by atoms with Gasteiger partial charge in [0.1, 0.15) is 11.3 Å². The van der Waals surface area contributed by atoms with E-state index in [1.807, 2.05) is 0 Å². The molecule has 8 nitrogen and oxygen atoms in total. The van der Waals surface area contributed by atoms with Crippen LogP contribution in [0.25, 0.3) is 5.69 Å². The molecule has 1 fully saturated rings. The maximum atomic E-state index is 12.2. The van der Waals surface area contributed by atoms with Crippen LogP contribution >= 0.6 is 12.2 Å². The van der Waals surface area contributed by atoms with Gasteiger partial charge in [0.25, 0.3) is 5.56 Å². The standard InChI is InChI=1S/C19H24N4O4S/c1-26-15-5-2-4-14(12-15)23-18(25)16(17(24)21-19(23)28)13-20-6-3-7-22-8-10-27-11-9-22/h2,4-5,12-13,25H,3,6-11H2,1H3,(H,21,24,28). The minimum absolute atomic E-state index is 0.0720. The third-order valence-corrected chi connectivity index (χ3v) is 4.80. The minimum Gasteiger partial charge on any atom is -0.497 e. The lowest BCUT2D eigenvalue weighted by Gasteiger charge is -2.26. The number of aromatic hydroxyl groups is 1. The summed E-state index contributed by atoms with van der Waals surface area (Å²) >= 11 is 5.22. The van der Waals surface area contributed by atoms with E-state index in [-0.39, 0.29) is 16.2 Å². The van der Waals surface area contributed by atoms with E-state index in [0.717, 1.165) is 39.3 Å². The topological polar surface area (TPSA) is 92.1 Å². The van der Waals surface area contributed by atoms with Crippen LogP contribution in [0.1, 0.15) is 12.0 Å². The SMILES string of the molecule is COc1cccc(-n2c(O)c(C=NCCCN3CCOCC3)c(=O)[nH]c2=S)c1. The molecule has 1 aromatic carbocycles. The summed E-state index contributed by atoms with van der Waals surface area (Å²) in [5.41, 5.74) is 0.182. The van der Waals surface area contributed by atoms with Crippen LogP contribution in [0.3, 0.4) is 0 Å². The summed E-state index contributed by atoms with van der Waals surface area (Å²) in [5, 5.41) is 10.7. The zero-order valence-electron chi connectivity index (χ0n) is 15.8. The second kappa shape index (κ2) is 9.63. The molecule has 0 aliphatic carbocycles. The van der Waals surface area contributed by atoms with Crippen molar-refractivity contribution in [3.05, 3.63) is 45.0 Å². The van der Waals surface area contributed by atoms with E-state index in [0.29, 0.717) is 18.0 Å². The van der Waals surface area contributed by atoms with Crippen molar-refractivity contribution >= 4 is 18.4 Å². The first kappa shape index (κ1) is 20.2. The monoisotopic (exact) mass is 404 g/mol. The fourth-order valence-corrected chi connectivity index (χ4v) is 3.29. The average Bonchev–Trinajstić information content (AvgIpc) is 2.70. The van der Waals surface area contributed by atoms with Crippen LogP contribution in [-0.4, -0.2) is 72.3 Å². The number of aromatic amines is 1. The number of ether oxygens (including phenoxy) is 2. The van der Waals surface area contributed by atoms with Crippen molar-refractivity contribution in [2.24, 2.45) is 4.99 Å². The van der Waals surface area contributed by atoms with E-state index in [2.05, 4.69) is 14.9 Å². The lowest BCUT2D eigenvalue weighted by Crippen LogP contribution is -2.37. The minimum atomic E-state index is -0.474. The number of methoxy groups -OCH3 is 1. The molecule has 0 atom stereocenters. The summed E-state index contributed by atoms with van der Waals surface area (Å²) < 4.78 is 12.0. The first-order valence-electron chi connectivity index (χ1n) is 9.13. The largest absolute Gasteiger partial charge is 0.497 e. The van der Waals surface area contributed by atoms with Crippen LogP contribution in [0.2, 0.25) is 0 Å². The molecule has 3 rings (SSSR count). The number of nitrogens with one attached hydrogen (secondary N) is 1. The van der Waals surface area contributed by atoms with Gasteiger partial charge in [-0.05, 0) is 30.8 Å². The summed E-state index contributed by atoms with van der Waals surface area (Å²) in [6, 6.07) is 7.04. The molecule has 0 spiro atoms. The highest BCUT2D eigenvalue weighted by Crippen LogP contribution is 2.22. The molecule has 28 heavy (non-hydrogen) atoms. The lowest BCUT2D eigenvalue weighted by molar-refractivity contribution is 0.0377. The molecule has 0 radical (unpaired) electrons. The van der Waals surface area contributed by atoms with Crippen LogP contribution in [0.4, 0.5) is 0 Å². The van der Waals surface area contributed by atoms with Gasteiger partial charge in [0, 0.05) is 38.5 Å². The third kappa shape index (κ3) is 4.86. The molecular weight excluding hydrogens is 380 g/mol. The normalized spacial score (nSPS) is 15.2. The highest BCUT2D eigenvalue weighted by atomic mass is 32.1. The third-order valence-electron chi connectivity index (χ3n) is 4.52. The summed E-state index contributed by atoms with van der Waals surface area (Å²) in [5.74, 6) is 0.363. The van der Waals surface area contributed by atoms with Crippen molar-refractivity contribution in [2.75, 3.05) is 46.5 Å². The molecule has 1 saturated heterocycles. The number of H-pyrrole nitrogens is 1. The number of nitrogens with zero attached hydrogens (tertiary/aromatic N) is 3. The zero-order valence-corrected chi connectivity index (χ0v) is 16.6. The van der Waals surface area contributed by atoms with Gasteiger partial charge >= 0.3 is 0 Å². The van der Waals surface area contributed by atoms with Gasteiger partial charge in [-0.15, -0.1) is 0 Å². The van der Waals surface area contributed by atoms with E-state index in [1.165, 1.54) is 10.8 Å². The van der Waals surface area contributed by atoms with Gasteiger partial charge < -0.3 is 14.6 Å². The van der Waals surface area contributed by atoms with Crippen molar-refractivity contribution < 1.29 is 14.6 Å². The van der Waals surface area contributed by atoms with Gasteiger partial charge in [-0.1, -0.05) is 6.07 Å². The van der Waals surface area contributed by atoms with Crippen LogP contribution in [-0.2, 0) is 4.74 Å². The van der Waals surface area contributed by atoms with Gasteiger partial charge in [0.2, 0.25) is 5.88 Å². The van der Waals surface area contributed by atoms with Crippen molar-refractivity contribution in [3.63, 3.8) is 0 Å². The lowest BCUT2D eigenvalue weighted by atomic mass is 10.2. The molecule has 1 aromatic heterocycles. The first-order chi connectivity index (χ1) is 13.6. The average molecular weight is 404 g/mol. The Kier molecular flexibility index (Phi) is 6.96. The Labute approximate surface area is 168 Å². The molecule has 1 aliphatic rings. The van der Waals surface area contributed by atoms with E-state index < -0.39 is 5.56 Å². The number of aromatic nitrogens is 2. The van der Waals surface area contributed by atoms with E-state index in [4.69, 9.17) is 21.7 Å². The molecule has 2 aromatic rings. The summed E-state index contributed by atoms with van der Waals surface area (Å²) in [6.45, 7) is 4.90. The molecule has 0 amide bonds. The Morgan fingerprint density at radius 1 is 1.39 bits per heavy atom. The van der Waals surface area contributed by atoms with Crippen LogP contribution in [0.5, 0.6) is 11.6 Å². The Morgan fingerprint density at radius 2 is 2.18 bits per heavy atom. The van der Waals surface area contributed by atoms with Crippen molar-refractivity contribution in [1.82, 2.24) is 14.5 Å². The predicted octanol–water partition coefficient (Wildman–Crippen LogP) is 1.75. The highest BCUT2D eigenvalue weighted by Gasteiger charge is 2.13. The number of morpholine rings is 1. The van der Waals surface area contributed by atoms with Gasteiger partial charge in [-0.2, -0.15) is 0 Å². The zero-order chi connectivity index (χ0) is 19.9. The summed E-state index contributed by atoms with van der Waals surface area (Å²) in [4.78, 5) is 21.5. The number of benzene rings is 1. The molecule has 9 heteroatoms. The maximum Gasteiger partial charge on any atom is 0.264 e. The maximum absolute atomic E-state index is 12.2. The Balaban J connectivity index is 1.75. The van der Waals surface area contributed by atoms with Crippen molar-refractivity contribution in [1.29, 1.82) is 0 Å². The summed E-state index contributed by atoms with van der Waals surface area (Å²) in [7, 11) is 1.56. The van der Waals surface area contributed by atoms with Crippen molar-refractivity contribution in [3.8, 4) is 17.3 Å². The Bertz CT molecular complexity index is 948. The summed E-state index contributed by atoms with van der Waals surface area (Å²) in [6.07, 6.45) is 2.27. The van der Waals surface area contributed by atoms with Crippen LogP contribution in [0, 0.1) is 4.77 Å². The van der Waals surface area contributed by atoms with Gasteiger partial charge in [0.15, 0.2) is 4.77 Å². The van der Waals surface area contributed by atoms with Crippen LogP contribution < -0.4 is 10.3 Å². The predicted molar refractivity (Wildman–Crippen MR) is 110 cm³/mol. The van der Waals surface area contributed by atoms with E-state index >= 15 is 0 Å². The Morgan fingerprint density at radius 3 is 2.93 bits per heavy atom. The molecular formula is C19H24N4O4S. The fourth-order valence-electron chi connectivity index (χ4n) is 3.01. The molecule has 2 N–H and O–H groups in total. The molecule has 150 valence electrons. The van der Waals surface area contributed by atoms with Gasteiger partial charge in [-0.3, -0.25) is 24.2 Å². The van der Waals surface area contributed by atoms with E-state index in [9.17, 15) is 9.90 Å². The number of rotatable bonds is 7. The molecule has 0 unspecified atom stereocenters. The van der Waals surface area contributed by atoms with E-state index in [1.54, 1.807) is 31.4 Å². The van der Waals surface area contributed by atoms with Crippen molar-refractivity contribution in [2.45, 2.75) is 6.42 Å². The van der Waals surface area contributed by atoms with Gasteiger partial charge in [0.05, 0.1) is 26.0 Å². The van der Waals surface area contributed by atoms with Crippen LogP contribution in [0.15, 0.2) is 34.1 Å². The second-order valence-electron chi connectivity index (χ2n) is 6.38. The molecule has 2 heterocycles. The molecule has 1 aliphatic heterocycles. The number of aliphatic imine (C=N–C) groups is 1. The highest BCUT2D eigenvalue weighted by molar-refractivity contribution is 7.71. The Hall–Kier alpha value is -2.49. The number of hydrogen-bond acceptors (Lipinski definition) is 7. The smallest absolute Gasteiger partial charge is 0.264 e. The first-order valence-corrected chi connectivity index (χ1v) is 9.53. The number of hydrogen-bond donors (Lipinski definition) is 2. The quantitative estimate of drug-likeness (QED) is 0.415. The molecule has 0 bridgehead atoms. The second-order valence-corrected chi connectivity index (χ2v) is 6.76. The molecule has 0 saturated carbocycles. The van der Waals surface area contributed by atoms with Gasteiger partial charge in [-0.25, -0.2) is 0 Å².